The fourth-order valence-electron chi connectivity index (χ4n) is 3.21. The molecule has 1 saturated carbocycles. The molecule has 1 amide bonds. The lowest BCUT2D eigenvalue weighted by Gasteiger charge is -2.16. The SMILES string of the molecule is COc1ccc(C(=O)NCc2cc(C(=O)O)c(C)o2)cc1OC1CCCC1. The summed E-state index contributed by atoms with van der Waals surface area (Å²) in [4.78, 5) is 23.5. The van der Waals surface area contributed by atoms with Crippen LogP contribution in [0.5, 0.6) is 11.5 Å². The average molecular weight is 373 g/mol. The van der Waals surface area contributed by atoms with Crippen molar-refractivity contribution in [3.63, 3.8) is 0 Å². The lowest BCUT2D eigenvalue weighted by atomic mass is 10.1. The van der Waals surface area contributed by atoms with Crippen LogP contribution in [0, 0.1) is 6.92 Å². The van der Waals surface area contributed by atoms with Gasteiger partial charge in [-0.2, -0.15) is 0 Å². The second-order valence-electron chi connectivity index (χ2n) is 6.56. The molecule has 1 aromatic carbocycles. The van der Waals surface area contributed by atoms with Crippen LogP contribution < -0.4 is 14.8 Å². The number of carboxylic acid groups (broad SMARTS) is 1. The first kappa shape index (κ1) is 18.8. The van der Waals surface area contributed by atoms with Crippen LogP contribution in [-0.4, -0.2) is 30.2 Å². The van der Waals surface area contributed by atoms with Crippen LogP contribution in [0.15, 0.2) is 28.7 Å². The highest BCUT2D eigenvalue weighted by Crippen LogP contribution is 2.32. The summed E-state index contributed by atoms with van der Waals surface area (Å²) >= 11 is 0. The molecule has 144 valence electrons. The Bertz CT molecular complexity index is 835. The van der Waals surface area contributed by atoms with Crippen molar-refractivity contribution in [3.05, 3.63) is 46.9 Å². The van der Waals surface area contributed by atoms with Gasteiger partial charge in [-0.25, -0.2) is 4.79 Å². The highest BCUT2D eigenvalue weighted by atomic mass is 16.5. The minimum atomic E-state index is -1.06. The van der Waals surface area contributed by atoms with E-state index in [2.05, 4.69) is 5.32 Å². The molecule has 1 heterocycles. The van der Waals surface area contributed by atoms with Gasteiger partial charge in [0.1, 0.15) is 17.1 Å². The van der Waals surface area contributed by atoms with E-state index in [0.29, 0.717) is 28.6 Å². The third-order valence-electron chi connectivity index (χ3n) is 4.64. The predicted octanol–water partition coefficient (Wildman–Crippen LogP) is 3.55. The van der Waals surface area contributed by atoms with E-state index < -0.39 is 5.97 Å². The lowest BCUT2D eigenvalue weighted by Crippen LogP contribution is -2.22. The first-order valence-corrected chi connectivity index (χ1v) is 8.93. The summed E-state index contributed by atoms with van der Waals surface area (Å²) in [5.41, 5.74) is 0.529. The van der Waals surface area contributed by atoms with Gasteiger partial charge in [0.15, 0.2) is 11.5 Å². The van der Waals surface area contributed by atoms with E-state index >= 15 is 0 Å². The van der Waals surface area contributed by atoms with Crippen LogP contribution in [0.3, 0.4) is 0 Å². The highest BCUT2D eigenvalue weighted by molar-refractivity contribution is 5.95. The zero-order chi connectivity index (χ0) is 19.4. The van der Waals surface area contributed by atoms with E-state index in [-0.39, 0.29) is 24.1 Å². The number of methoxy groups -OCH3 is 1. The lowest BCUT2D eigenvalue weighted by molar-refractivity contribution is 0.0694. The number of benzene rings is 1. The fourth-order valence-corrected chi connectivity index (χ4v) is 3.21. The molecule has 1 aliphatic carbocycles. The number of ether oxygens (including phenoxy) is 2. The smallest absolute Gasteiger partial charge is 0.339 e. The number of carbonyl (C=O) groups excluding carboxylic acids is 1. The molecule has 0 spiro atoms. The van der Waals surface area contributed by atoms with Crippen LogP contribution in [0.25, 0.3) is 0 Å². The Balaban J connectivity index is 1.68. The van der Waals surface area contributed by atoms with Crippen molar-refractivity contribution in [3.8, 4) is 11.5 Å². The molecule has 0 atom stereocenters. The van der Waals surface area contributed by atoms with Gasteiger partial charge in [-0.3, -0.25) is 4.79 Å². The number of furan rings is 1. The quantitative estimate of drug-likeness (QED) is 0.770. The molecule has 0 aliphatic heterocycles. The van der Waals surface area contributed by atoms with Crippen LogP contribution in [0.1, 0.15) is 57.9 Å². The first-order valence-electron chi connectivity index (χ1n) is 8.93. The maximum absolute atomic E-state index is 12.5. The molecule has 0 saturated heterocycles. The predicted molar refractivity (Wildman–Crippen MR) is 97.5 cm³/mol. The summed E-state index contributed by atoms with van der Waals surface area (Å²) in [6.07, 6.45) is 4.45. The van der Waals surface area contributed by atoms with Crippen molar-refractivity contribution < 1.29 is 28.6 Å². The van der Waals surface area contributed by atoms with Gasteiger partial charge >= 0.3 is 5.97 Å². The number of rotatable bonds is 7. The van der Waals surface area contributed by atoms with Crippen LogP contribution >= 0.6 is 0 Å². The molecular weight excluding hydrogens is 350 g/mol. The summed E-state index contributed by atoms with van der Waals surface area (Å²) in [5.74, 6) is 0.473. The Morgan fingerprint density at radius 2 is 1.96 bits per heavy atom. The van der Waals surface area contributed by atoms with E-state index in [9.17, 15) is 9.59 Å². The van der Waals surface area contributed by atoms with Gasteiger partial charge in [0.25, 0.3) is 5.91 Å². The minimum absolute atomic E-state index is 0.0935. The first-order chi connectivity index (χ1) is 13.0. The standard InChI is InChI=1S/C20H23NO6/c1-12-16(20(23)24)10-15(26-12)11-21-19(22)13-7-8-17(25-2)18(9-13)27-14-5-3-4-6-14/h7-10,14H,3-6,11H2,1-2H3,(H,21,22)(H,23,24). The maximum Gasteiger partial charge on any atom is 0.339 e. The molecule has 3 rings (SSSR count). The molecule has 7 nitrogen and oxygen atoms in total. The van der Waals surface area contributed by atoms with E-state index in [0.717, 1.165) is 25.7 Å². The fraction of sp³-hybridized carbons (Fsp3) is 0.400. The number of aryl methyl sites for hydroxylation is 1. The summed E-state index contributed by atoms with van der Waals surface area (Å²) in [5, 5.41) is 11.8. The van der Waals surface area contributed by atoms with Crippen molar-refractivity contribution in [2.24, 2.45) is 0 Å². The van der Waals surface area contributed by atoms with Gasteiger partial charge in [-0.05, 0) is 56.9 Å². The molecule has 1 fully saturated rings. The summed E-state index contributed by atoms with van der Waals surface area (Å²) in [7, 11) is 1.57. The Labute approximate surface area is 157 Å². The third kappa shape index (κ3) is 4.42. The Hall–Kier alpha value is -2.96. The van der Waals surface area contributed by atoms with Crippen molar-refractivity contribution >= 4 is 11.9 Å². The molecular formula is C20H23NO6. The van der Waals surface area contributed by atoms with Crippen LogP contribution in [0.2, 0.25) is 0 Å². The molecule has 0 unspecified atom stereocenters. The zero-order valence-electron chi connectivity index (χ0n) is 15.4. The summed E-state index contributed by atoms with van der Waals surface area (Å²) < 4.78 is 16.7. The molecule has 1 aliphatic rings. The molecule has 7 heteroatoms. The molecule has 2 aromatic rings. The largest absolute Gasteiger partial charge is 0.493 e. The number of carbonyl (C=O) groups is 2. The van der Waals surface area contributed by atoms with E-state index in [4.69, 9.17) is 19.0 Å². The van der Waals surface area contributed by atoms with E-state index in [1.165, 1.54) is 6.07 Å². The van der Waals surface area contributed by atoms with Gasteiger partial charge < -0.3 is 24.3 Å². The minimum Gasteiger partial charge on any atom is -0.493 e. The number of nitrogens with one attached hydrogen (secondary N) is 1. The van der Waals surface area contributed by atoms with Crippen molar-refractivity contribution in [1.29, 1.82) is 0 Å². The monoisotopic (exact) mass is 373 g/mol. The van der Waals surface area contributed by atoms with E-state index in [1.54, 1.807) is 32.2 Å². The van der Waals surface area contributed by atoms with Gasteiger partial charge in [0.2, 0.25) is 0 Å². The molecule has 0 radical (unpaired) electrons. The number of carboxylic acids is 1. The van der Waals surface area contributed by atoms with Crippen molar-refractivity contribution in [2.45, 2.75) is 45.3 Å². The topological polar surface area (TPSA) is 98.0 Å². The number of aromatic carboxylic acids is 1. The average Bonchev–Trinajstić information content (AvgIpc) is 3.29. The van der Waals surface area contributed by atoms with Gasteiger partial charge in [-0.1, -0.05) is 0 Å². The molecule has 27 heavy (non-hydrogen) atoms. The van der Waals surface area contributed by atoms with Crippen LogP contribution in [0.4, 0.5) is 0 Å². The van der Waals surface area contributed by atoms with Crippen molar-refractivity contribution in [1.82, 2.24) is 5.32 Å². The van der Waals surface area contributed by atoms with Crippen LogP contribution in [-0.2, 0) is 6.54 Å². The normalized spacial score (nSPS) is 14.1. The summed E-state index contributed by atoms with van der Waals surface area (Å²) in [6, 6.07) is 6.45. The second kappa shape index (κ2) is 8.16. The number of hydrogen-bond donors (Lipinski definition) is 2. The van der Waals surface area contributed by atoms with Crippen molar-refractivity contribution in [2.75, 3.05) is 7.11 Å². The molecule has 1 aromatic heterocycles. The number of hydrogen-bond acceptors (Lipinski definition) is 5. The van der Waals surface area contributed by atoms with Gasteiger partial charge in [0.05, 0.1) is 19.8 Å². The Morgan fingerprint density at radius 3 is 2.59 bits per heavy atom. The van der Waals surface area contributed by atoms with Gasteiger partial charge in [-0.15, -0.1) is 0 Å². The van der Waals surface area contributed by atoms with E-state index in [1.807, 2.05) is 0 Å². The Kier molecular flexibility index (Phi) is 5.69. The third-order valence-corrected chi connectivity index (χ3v) is 4.64. The number of amides is 1. The molecule has 2 N–H and O–H groups in total. The van der Waals surface area contributed by atoms with Gasteiger partial charge in [0, 0.05) is 5.56 Å². The summed E-state index contributed by atoms with van der Waals surface area (Å²) in [6.45, 7) is 1.67. The molecule has 0 bridgehead atoms. The maximum atomic E-state index is 12.5. The highest BCUT2D eigenvalue weighted by Gasteiger charge is 2.20. The second-order valence-corrected chi connectivity index (χ2v) is 6.56. The Morgan fingerprint density at radius 1 is 1.22 bits per heavy atom. The zero-order valence-corrected chi connectivity index (χ0v) is 15.4.